The van der Waals surface area contributed by atoms with E-state index in [0.717, 1.165) is 0 Å². The van der Waals surface area contributed by atoms with Gasteiger partial charge in [-0.3, -0.25) is 5.32 Å². The highest BCUT2D eigenvalue weighted by molar-refractivity contribution is 4.93. The highest BCUT2D eigenvalue weighted by atomic mass is 16.4. The molecular formula is C6H13NO5. The molecule has 0 radical (unpaired) electrons. The molecule has 0 aromatic carbocycles. The van der Waals surface area contributed by atoms with Crippen LogP contribution in [0.5, 0.6) is 0 Å². The first-order chi connectivity index (χ1) is 5.57. The molecule has 0 aromatic heterocycles. The standard InChI is InChI=1S/C6H13NO5/c8-1-2-3(9)4(10)5(11)6(12)7-2/h2-12H,1H2/t2-,3+,4+,5-,6+/m1/s1. The SMILES string of the molecule is OC[C@H]1N[C@@H](O)[C@H](O)[C@@H](O)[C@H]1O. The molecule has 0 unspecified atom stereocenters. The van der Waals surface area contributed by atoms with Gasteiger partial charge in [0.25, 0.3) is 0 Å². The molecule has 0 aliphatic carbocycles. The van der Waals surface area contributed by atoms with Crippen LogP contribution < -0.4 is 5.32 Å². The fraction of sp³-hybridized carbons (Fsp3) is 1.00. The van der Waals surface area contributed by atoms with Crippen molar-refractivity contribution >= 4 is 0 Å². The lowest BCUT2D eigenvalue weighted by molar-refractivity contribution is -0.161. The maximum Gasteiger partial charge on any atom is 0.134 e. The molecule has 6 N–H and O–H groups in total. The molecule has 1 aliphatic rings. The van der Waals surface area contributed by atoms with Gasteiger partial charge in [0.2, 0.25) is 0 Å². The molecule has 6 nitrogen and oxygen atoms in total. The number of aliphatic hydroxyl groups is 5. The smallest absolute Gasteiger partial charge is 0.134 e. The lowest BCUT2D eigenvalue weighted by atomic mass is 9.95. The van der Waals surface area contributed by atoms with Crippen LogP contribution in [0.1, 0.15) is 0 Å². The number of piperidine rings is 1. The minimum absolute atomic E-state index is 0.415. The van der Waals surface area contributed by atoms with E-state index in [1.807, 2.05) is 0 Å². The molecule has 0 spiro atoms. The molecule has 12 heavy (non-hydrogen) atoms. The third-order valence-corrected chi connectivity index (χ3v) is 2.02. The Morgan fingerprint density at radius 1 is 0.917 bits per heavy atom. The number of aliphatic hydroxyl groups excluding tert-OH is 5. The van der Waals surface area contributed by atoms with Crippen LogP contribution in [0.15, 0.2) is 0 Å². The van der Waals surface area contributed by atoms with E-state index in [1.54, 1.807) is 0 Å². The number of rotatable bonds is 1. The number of nitrogens with one attached hydrogen (secondary N) is 1. The van der Waals surface area contributed by atoms with Gasteiger partial charge in [-0.25, -0.2) is 0 Å². The lowest BCUT2D eigenvalue weighted by Gasteiger charge is -2.38. The van der Waals surface area contributed by atoms with Crippen LogP contribution in [-0.2, 0) is 0 Å². The summed E-state index contributed by atoms with van der Waals surface area (Å²) in [6.45, 7) is -0.415. The lowest BCUT2D eigenvalue weighted by Crippen LogP contribution is -2.65. The van der Waals surface area contributed by atoms with Crippen molar-refractivity contribution in [1.82, 2.24) is 5.32 Å². The fourth-order valence-corrected chi connectivity index (χ4v) is 1.20. The van der Waals surface area contributed by atoms with Crippen molar-refractivity contribution < 1.29 is 25.5 Å². The highest BCUT2D eigenvalue weighted by Crippen LogP contribution is 2.13. The first kappa shape index (κ1) is 9.85. The van der Waals surface area contributed by atoms with Gasteiger partial charge in [0, 0.05) is 0 Å². The Labute approximate surface area is 69.1 Å². The van der Waals surface area contributed by atoms with Crippen LogP contribution in [0.3, 0.4) is 0 Å². The third kappa shape index (κ3) is 1.58. The van der Waals surface area contributed by atoms with Gasteiger partial charge >= 0.3 is 0 Å². The van der Waals surface area contributed by atoms with Gasteiger partial charge < -0.3 is 25.5 Å². The van der Waals surface area contributed by atoms with Gasteiger partial charge in [-0.05, 0) is 0 Å². The second kappa shape index (κ2) is 3.65. The molecule has 0 bridgehead atoms. The second-order valence-corrected chi connectivity index (χ2v) is 2.87. The monoisotopic (exact) mass is 179 g/mol. The van der Waals surface area contributed by atoms with E-state index >= 15 is 0 Å². The van der Waals surface area contributed by atoms with Crippen LogP contribution in [0.25, 0.3) is 0 Å². The zero-order valence-corrected chi connectivity index (χ0v) is 6.33. The van der Waals surface area contributed by atoms with Crippen LogP contribution in [-0.4, -0.2) is 62.7 Å². The maximum atomic E-state index is 9.18. The maximum absolute atomic E-state index is 9.18. The molecule has 1 aliphatic heterocycles. The van der Waals surface area contributed by atoms with Crippen LogP contribution in [0.2, 0.25) is 0 Å². The Morgan fingerprint density at radius 3 is 2.00 bits per heavy atom. The van der Waals surface area contributed by atoms with Crippen LogP contribution >= 0.6 is 0 Å². The van der Waals surface area contributed by atoms with Gasteiger partial charge in [0.05, 0.1) is 12.6 Å². The predicted octanol–water partition coefficient (Wildman–Crippen LogP) is -3.65. The van der Waals surface area contributed by atoms with Crippen molar-refractivity contribution in [2.24, 2.45) is 0 Å². The van der Waals surface area contributed by atoms with E-state index in [1.165, 1.54) is 0 Å². The molecule has 72 valence electrons. The minimum Gasteiger partial charge on any atom is -0.395 e. The Morgan fingerprint density at radius 2 is 1.50 bits per heavy atom. The fourth-order valence-electron chi connectivity index (χ4n) is 1.20. The van der Waals surface area contributed by atoms with Crippen molar-refractivity contribution in [2.45, 2.75) is 30.6 Å². The van der Waals surface area contributed by atoms with Crippen molar-refractivity contribution in [2.75, 3.05) is 6.61 Å². The first-order valence-electron chi connectivity index (χ1n) is 3.67. The molecule has 6 heteroatoms. The van der Waals surface area contributed by atoms with E-state index in [4.69, 9.17) is 20.4 Å². The van der Waals surface area contributed by atoms with E-state index in [9.17, 15) is 5.11 Å². The largest absolute Gasteiger partial charge is 0.395 e. The molecule has 0 amide bonds. The van der Waals surface area contributed by atoms with Crippen LogP contribution in [0, 0.1) is 0 Å². The molecular weight excluding hydrogens is 166 g/mol. The van der Waals surface area contributed by atoms with Gasteiger partial charge in [0.1, 0.15) is 24.5 Å². The molecule has 1 heterocycles. The molecule has 5 atom stereocenters. The third-order valence-electron chi connectivity index (χ3n) is 2.02. The molecule has 0 aromatic rings. The van der Waals surface area contributed by atoms with Gasteiger partial charge in [0.15, 0.2) is 0 Å². The zero-order valence-electron chi connectivity index (χ0n) is 6.33. The minimum atomic E-state index is -1.43. The molecule has 1 fully saturated rings. The Hall–Kier alpha value is -0.240. The van der Waals surface area contributed by atoms with Crippen LogP contribution in [0.4, 0.5) is 0 Å². The average molecular weight is 179 g/mol. The summed E-state index contributed by atoms with van der Waals surface area (Å²) in [4.78, 5) is 0. The Balaban J connectivity index is 2.63. The van der Waals surface area contributed by atoms with Gasteiger partial charge in [-0.2, -0.15) is 0 Å². The number of hydrogen-bond acceptors (Lipinski definition) is 6. The van der Waals surface area contributed by atoms with E-state index < -0.39 is 37.2 Å². The molecule has 1 saturated heterocycles. The van der Waals surface area contributed by atoms with E-state index in [-0.39, 0.29) is 0 Å². The predicted molar refractivity (Wildman–Crippen MR) is 38.0 cm³/mol. The van der Waals surface area contributed by atoms with Crippen molar-refractivity contribution in [1.29, 1.82) is 0 Å². The quantitative estimate of drug-likeness (QED) is 0.247. The van der Waals surface area contributed by atoms with E-state index in [2.05, 4.69) is 5.32 Å². The first-order valence-corrected chi connectivity index (χ1v) is 3.67. The summed E-state index contributed by atoms with van der Waals surface area (Å²) in [5, 5.41) is 47.3. The molecule has 1 rings (SSSR count). The topological polar surface area (TPSA) is 113 Å². The highest BCUT2D eigenvalue weighted by Gasteiger charge is 2.40. The van der Waals surface area contributed by atoms with Crippen molar-refractivity contribution in [3.8, 4) is 0 Å². The molecule has 0 saturated carbocycles. The summed E-state index contributed by atoms with van der Waals surface area (Å²) in [5.74, 6) is 0. The van der Waals surface area contributed by atoms with Gasteiger partial charge in [-0.1, -0.05) is 0 Å². The average Bonchev–Trinajstić information content (AvgIpc) is 2.08. The second-order valence-electron chi connectivity index (χ2n) is 2.87. The Bertz CT molecular complexity index is 150. The summed E-state index contributed by atoms with van der Waals surface area (Å²) in [7, 11) is 0. The summed E-state index contributed by atoms with van der Waals surface area (Å²) in [6.07, 6.45) is -5.45. The van der Waals surface area contributed by atoms with Gasteiger partial charge in [-0.15, -0.1) is 0 Å². The summed E-state index contributed by atoms with van der Waals surface area (Å²) in [6, 6.07) is -0.807. The van der Waals surface area contributed by atoms with Crippen molar-refractivity contribution in [3.63, 3.8) is 0 Å². The normalized spacial score (nSPS) is 49.2. The summed E-state index contributed by atoms with van der Waals surface area (Å²) >= 11 is 0. The Kier molecular flexibility index (Phi) is 2.99. The van der Waals surface area contributed by atoms with Crippen molar-refractivity contribution in [3.05, 3.63) is 0 Å². The number of hydrogen-bond donors (Lipinski definition) is 6. The summed E-state index contributed by atoms with van der Waals surface area (Å²) in [5.41, 5.74) is 0. The van der Waals surface area contributed by atoms with E-state index in [0.29, 0.717) is 0 Å². The summed E-state index contributed by atoms with van der Waals surface area (Å²) < 4.78 is 0. The zero-order chi connectivity index (χ0) is 9.30.